The topological polar surface area (TPSA) is 56.8 Å². The van der Waals surface area contributed by atoms with Crippen molar-refractivity contribution in [1.29, 1.82) is 0 Å². The van der Waals surface area contributed by atoms with Crippen LogP contribution < -0.4 is 10.6 Å². The molecule has 0 saturated carbocycles. The van der Waals surface area contributed by atoms with Crippen LogP contribution >= 0.6 is 0 Å². The highest BCUT2D eigenvalue weighted by Gasteiger charge is 2.20. The van der Waals surface area contributed by atoms with E-state index >= 15 is 0 Å². The van der Waals surface area contributed by atoms with Gasteiger partial charge >= 0.3 is 0 Å². The smallest absolute Gasteiger partial charge is 0.238 e. The van der Waals surface area contributed by atoms with Crippen molar-refractivity contribution >= 4 is 11.6 Å². The van der Waals surface area contributed by atoms with E-state index in [1.54, 1.807) is 0 Å². The minimum absolute atomic E-state index is 0.0599. The molecule has 2 saturated heterocycles. The lowest BCUT2D eigenvalue weighted by atomic mass is 10.2. The summed E-state index contributed by atoms with van der Waals surface area (Å²) in [6, 6.07) is 8.58. The number of nitrogens with one attached hydrogen (secondary N) is 2. The fraction of sp³-hybridized carbons (Fsp3) is 0.611. The summed E-state index contributed by atoms with van der Waals surface area (Å²) in [7, 11) is 0. The summed E-state index contributed by atoms with van der Waals surface area (Å²) >= 11 is 0. The molecule has 0 spiro atoms. The molecular formula is C18H28N4O2. The Morgan fingerprint density at radius 1 is 1.25 bits per heavy atom. The van der Waals surface area contributed by atoms with Crippen molar-refractivity contribution in [2.75, 3.05) is 57.8 Å². The van der Waals surface area contributed by atoms with Crippen LogP contribution in [0.25, 0.3) is 0 Å². The molecule has 6 nitrogen and oxygen atoms in total. The standard InChI is InChI=1S/C18H28N4O2/c1-15-12-19-6-7-22(15)14-18(23)20-17-4-2-16(3-5-17)13-21-8-10-24-11-9-21/h2-5,15,19H,6-14H2,1H3,(H,20,23)/t15-/m0/s1. The Labute approximate surface area is 144 Å². The van der Waals surface area contributed by atoms with Gasteiger partial charge in [0.25, 0.3) is 0 Å². The average Bonchev–Trinajstić information content (AvgIpc) is 2.60. The zero-order valence-electron chi connectivity index (χ0n) is 14.5. The molecule has 2 fully saturated rings. The van der Waals surface area contributed by atoms with E-state index in [0.29, 0.717) is 12.6 Å². The molecule has 2 heterocycles. The van der Waals surface area contributed by atoms with E-state index in [2.05, 4.69) is 39.5 Å². The van der Waals surface area contributed by atoms with E-state index in [4.69, 9.17) is 4.74 Å². The second-order valence-corrected chi connectivity index (χ2v) is 6.66. The average molecular weight is 332 g/mol. The first-order chi connectivity index (χ1) is 11.7. The summed E-state index contributed by atoms with van der Waals surface area (Å²) < 4.78 is 5.37. The highest BCUT2D eigenvalue weighted by atomic mass is 16.5. The molecule has 2 aliphatic heterocycles. The van der Waals surface area contributed by atoms with Gasteiger partial charge in [0.15, 0.2) is 0 Å². The van der Waals surface area contributed by atoms with Gasteiger partial charge in [-0.2, -0.15) is 0 Å². The fourth-order valence-corrected chi connectivity index (χ4v) is 3.21. The summed E-state index contributed by atoms with van der Waals surface area (Å²) in [5.74, 6) is 0.0599. The highest BCUT2D eigenvalue weighted by molar-refractivity contribution is 5.92. The maximum Gasteiger partial charge on any atom is 0.238 e. The summed E-state index contributed by atoms with van der Waals surface area (Å²) in [4.78, 5) is 16.8. The Morgan fingerprint density at radius 3 is 2.71 bits per heavy atom. The number of hydrogen-bond acceptors (Lipinski definition) is 5. The molecule has 24 heavy (non-hydrogen) atoms. The molecule has 2 N–H and O–H groups in total. The van der Waals surface area contributed by atoms with Gasteiger partial charge in [-0.15, -0.1) is 0 Å². The van der Waals surface area contributed by atoms with Crippen molar-refractivity contribution in [3.8, 4) is 0 Å². The number of piperazine rings is 1. The van der Waals surface area contributed by atoms with Crippen LogP contribution in [-0.4, -0.2) is 74.2 Å². The molecule has 0 bridgehead atoms. The Balaban J connectivity index is 1.47. The summed E-state index contributed by atoms with van der Waals surface area (Å²) in [5.41, 5.74) is 2.14. The molecule has 3 rings (SSSR count). The third-order valence-corrected chi connectivity index (χ3v) is 4.73. The molecule has 1 atom stereocenters. The van der Waals surface area contributed by atoms with Crippen LogP contribution in [0, 0.1) is 0 Å². The van der Waals surface area contributed by atoms with Gasteiger partial charge < -0.3 is 15.4 Å². The van der Waals surface area contributed by atoms with Crippen LogP contribution in [0.15, 0.2) is 24.3 Å². The van der Waals surface area contributed by atoms with Crippen molar-refractivity contribution < 1.29 is 9.53 Å². The molecular weight excluding hydrogens is 304 g/mol. The number of carbonyl (C=O) groups excluding carboxylic acids is 1. The van der Waals surface area contributed by atoms with E-state index in [-0.39, 0.29) is 5.91 Å². The number of anilines is 1. The van der Waals surface area contributed by atoms with Crippen molar-refractivity contribution in [3.05, 3.63) is 29.8 Å². The van der Waals surface area contributed by atoms with Gasteiger partial charge in [0, 0.05) is 51.0 Å². The second-order valence-electron chi connectivity index (χ2n) is 6.66. The maximum atomic E-state index is 12.2. The third-order valence-electron chi connectivity index (χ3n) is 4.73. The first-order valence-electron chi connectivity index (χ1n) is 8.84. The summed E-state index contributed by atoms with van der Waals surface area (Å²) in [6.07, 6.45) is 0. The van der Waals surface area contributed by atoms with E-state index < -0.39 is 0 Å². The van der Waals surface area contributed by atoms with Crippen molar-refractivity contribution in [2.24, 2.45) is 0 Å². The Morgan fingerprint density at radius 2 is 2.00 bits per heavy atom. The van der Waals surface area contributed by atoms with Crippen LogP contribution in [0.3, 0.4) is 0 Å². The number of morpholine rings is 1. The maximum absolute atomic E-state index is 12.2. The fourth-order valence-electron chi connectivity index (χ4n) is 3.21. The number of nitrogens with zero attached hydrogens (tertiary/aromatic N) is 2. The van der Waals surface area contributed by atoms with Gasteiger partial charge in [0.2, 0.25) is 5.91 Å². The number of carbonyl (C=O) groups is 1. The molecule has 1 aromatic carbocycles. The zero-order valence-corrected chi connectivity index (χ0v) is 14.5. The van der Waals surface area contributed by atoms with Crippen LogP contribution in [0.5, 0.6) is 0 Å². The van der Waals surface area contributed by atoms with E-state index in [1.807, 2.05) is 12.1 Å². The molecule has 1 aromatic rings. The lowest BCUT2D eigenvalue weighted by molar-refractivity contribution is -0.118. The summed E-state index contributed by atoms with van der Waals surface area (Å²) in [5, 5.41) is 6.35. The van der Waals surface area contributed by atoms with Crippen molar-refractivity contribution in [3.63, 3.8) is 0 Å². The van der Waals surface area contributed by atoms with Gasteiger partial charge in [-0.3, -0.25) is 14.6 Å². The monoisotopic (exact) mass is 332 g/mol. The predicted octanol–water partition coefficient (Wildman–Crippen LogP) is 0.751. The second kappa shape index (κ2) is 8.58. The number of rotatable bonds is 5. The van der Waals surface area contributed by atoms with Gasteiger partial charge in [0.1, 0.15) is 0 Å². The molecule has 6 heteroatoms. The van der Waals surface area contributed by atoms with Crippen LogP contribution in [0.1, 0.15) is 12.5 Å². The van der Waals surface area contributed by atoms with E-state index in [0.717, 1.165) is 58.2 Å². The quantitative estimate of drug-likeness (QED) is 0.833. The van der Waals surface area contributed by atoms with E-state index in [1.165, 1.54) is 5.56 Å². The number of benzene rings is 1. The number of ether oxygens (including phenoxy) is 1. The largest absolute Gasteiger partial charge is 0.379 e. The van der Waals surface area contributed by atoms with Crippen molar-refractivity contribution in [1.82, 2.24) is 15.1 Å². The molecule has 1 amide bonds. The van der Waals surface area contributed by atoms with Crippen LogP contribution in [0.2, 0.25) is 0 Å². The molecule has 0 aromatic heterocycles. The molecule has 132 valence electrons. The Kier molecular flexibility index (Phi) is 6.20. The van der Waals surface area contributed by atoms with Crippen molar-refractivity contribution in [2.45, 2.75) is 19.5 Å². The van der Waals surface area contributed by atoms with Gasteiger partial charge in [0.05, 0.1) is 19.8 Å². The normalized spacial score (nSPS) is 23.1. The minimum Gasteiger partial charge on any atom is -0.379 e. The van der Waals surface area contributed by atoms with Gasteiger partial charge in [-0.05, 0) is 24.6 Å². The lowest BCUT2D eigenvalue weighted by Crippen LogP contribution is -2.51. The molecule has 0 unspecified atom stereocenters. The summed E-state index contributed by atoms with van der Waals surface area (Å²) in [6.45, 7) is 9.98. The first-order valence-corrected chi connectivity index (χ1v) is 8.84. The molecule has 2 aliphatic rings. The van der Waals surface area contributed by atoms with Gasteiger partial charge in [-0.25, -0.2) is 0 Å². The van der Waals surface area contributed by atoms with Gasteiger partial charge in [-0.1, -0.05) is 12.1 Å². The SMILES string of the molecule is C[C@H]1CNCCN1CC(=O)Nc1ccc(CN2CCOCC2)cc1. The molecule has 0 aliphatic carbocycles. The van der Waals surface area contributed by atoms with Crippen LogP contribution in [0.4, 0.5) is 5.69 Å². The minimum atomic E-state index is 0.0599. The molecule has 0 radical (unpaired) electrons. The highest BCUT2D eigenvalue weighted by Crippen LogP contribution is 2.13. The van der Waals surface area contributed by atoms with Crippen LogP contribution in [-0.2, 0) is 16.1 Å². The Hall–Kier alpha value is -1.47. The number of amides is 1. The third kappa shape index (κ3) is 5.01. The zero-order chi connectivity index (χ0) is 16.8. The first kappa shape index (κ1) is 17.4. The number of hydrogen-bond donors (Lipinski definition) is 2. The predicted molar refractivity (Wildman–Crippen MR) is 95.1 cm³/mol. The van der Waals surface area contributed by atoms with E-state index in [9.17, 15) is 4.79 Å². The Bertz CT molecular complexity index is 528. The lowest BCUT2D eigenvalue weighted by Gasteiger charge is -2.33.